The van der Waals surface area contributed by atoms with Crippen LogP contribution in [0.4, 0.5) is 4.39 Å². The Labute approximate surface area is 115 Å². The van der Waals surface area contributed by atoms with Crippen LogP contribution in [0.2, 0.25) is 0 Å². The molecule has 0 saturated carbocycles. The number of hydrogen-bond donors (Lipinski definition) is 0. The maximum absolute atomic E-state index is 13.3. The van der Waals surface area contributed by atoms with E-state index in [2.05, 4.69) is 31.4 Å². The lowest BCUT2D eigenvalue weighted by molar-refractivity contribution is 0.629. The molecule has 0 radical (unpaired) electrons. The van der Waals surface area contributed by atoms with E-state index in [1.165, 1.54) is 11.6 Å². The first-order valence-corrected chi connectivity index (χ1v) is 7.17. The quantitative estimate of drug-likeness (QED) is 0.622. The second-order valence-corrected chi connectivity index (χ2v) is 5.84. The highest BCUT2D eigenvalue weighted by Crippen LogP contribution is 2.33. The van der Waals surface area contributed by atoms with Crippen LogP contribution in [0.5, 0.6) is 0 Å². The van der Waals surface area contributed by atoms with Crippen LogP contribution in [-0.4, -0.2) is 4.98 Å². The molecule has 0 N–H and O–H groups in total. The molecular formula is C16H14FNS. The van der Waals surface area contributed by atoms with Gasteiger partial charge in [-0.05, 0) is 47.2 Å². The van der Waals surface area contributed by atoms with Crippen LogP contribution in [0.25, 0.3) is 21.5 Å². The summed E-state index contributed by atoms with van der Waals surface area (Å²) in [6, 6.07) is 10.9. The highest BCUT2D eigenvalue weighted by molar-refractivity contribution is 7.13. The van der Waals surface area contributed by atoms with Crippen molar-refractivity contribution in [2.45, 2.75) is 19.8 Å². The zero-order valence-electron chi connectivity index (χ0n) is 10.9. The molecule has 0 aliphatic heterocycles. The summed E-state index contributed by atoms with van der Waals surface area (Å²) < 4.78 is 13.3. The van der Waals surface area contributed by atoms with Crippen LogP contribution in [0.1, 0.15) is 25.3 Å². The Kier molecular flexibility index (Phi) is 3.07. The summed E-state index contributed by atoms with van der Waals surface area (Å²) in [5, 5.41) is 2.92. The van der Waals surface area contributed by atoms with Crippen molar-refractivity contribution in [3.05, 3.63) is 53.2 Å². The molecule has 0 amide bonds. The van der Waals surface area contributed by atoms with Crippen molar-refractivity contribution in [2.75, 3.05) is 0 Å². The monoisotopic (exact) mass is 271 g/mol. The minimum atomic E-state index is -0.215. The Balaban J connectivity index is 2.30. The lowest BCUT2D eigenvalue weighted by Crippen LogP contribution is -1.96. The molecule has 3 rings (SSSR count). The average Bonchev–Trinajstić information content (AvgIpc) is 2.90. The second kappa shape index (κ2) is 4.74. The summed E-state index contributed by atoms with van der Waals surface area (Å²) in [4.78, 5) is 5.89. The van der Waals surface area contributed by atoms with E-state index in [1.807, 2.05) is 6.07 Å². The molecule has 0 bridgehead atoms. The second-order valence-electron chi connectivity index (χ2n) is 4.90. The molecule has 96 valence electrons. The molecule has 0 saturated heterocycles. The van der Waals surface area contributed by atoms with Crippen molar-refractivity contribution in [3.8, 4) is 10.6 Å². The van der Waals surface area contributed by atoms with Gasteiger partial charge in [-0.25, -0.2) is 9.37 Å². The number of thiophene rings is 1. The number of benzene rings is 1. The zero-order chi connectivity index (χ0) is 13.4. The molecule has 0 fully saturated rings. The number of rotatable bonds is 2. The fourth-order valence-corrected chi connectivity index (χ4v) is 2.95. The van der Waals surface area contributed by atoms with E-state index in [0.29, 0.717) is 5.92 Å². The predicted octanol–water partition coefficient (Wildman–Crippen LogP) is 5.23. The maximum Gasteiger partial charge on any atom is 0.123 e. The minimum Gasteiger partial charge on any atom is -0.247 e. The Morgan fingerprint density at radius 1 is 1.16 bits per heavy atom. The van der Waals surface area contributed by atoms with Gasteiger partial charge in [0.1, 0.15) is 5.82 Å². The van der Waals surface area contributed by atoms with Gasteiger partial charge in [0.2, 0.25) is 0 Å². The molecule has 1 nitrogen and oxygen atoms in total. The minimum absolute atomic E-state index is 0.215. The van der Waals surface area contributed by atoms with Crippen LogP contribution in [0, 0.1) is 5.82 Å². The van der Waals surface area contributed by atoms with Gasteiger partial charge in [0.25, 0.3) is 0 Å². The summed E-state index contributed by atoms with van der Waals surface area (Å²) in [5.74, 6) is 0.144. The number of pyridine rings is 1. The van der Waals surface area contributed by atoms with Crippen molar-refractivity contribution >= 4 is 22.2 Å². The van der Waals surface area contributed by atoms with E-state index in [0.717, 1.165) is 21.5 Å². The molecule has 2 heterocycles. The number of nitrogens with zero attached hydrogens (tertiary/aromatic N) is 1. The Morgan fingerprint density at radius 2 is 2.00 bits per heavy atom. The molecule has 3 heteroatoms. The van der Waals surface area contributed by atoms with Crippen LogP contribution < -0.4 is 0 Å². The summed E-state index contributed by atoms with van der Waals surface area (Å²) in [6.07, 6.45) is 0. The zero-order valence-corrected chi connectivity index (χ0v) is 11.7. The van der Waals surface area contributed by atoms with Crippen molar-refractivity contribution < 1.29 is 4.39 Å². The van der Waals surface area contributed by atoms with E-state index in [4.69, 9.17) is 4.98 Å². The van der Waals surface area contributed by atoms with Gasteiger partial charge in [-0.1, -0.05) is 19.9 Å². The Hall–Kier alpha value is -1.74. The van der Waals surface area contributed by atoms with Crippen LogP contribution in [-0.2, 0) is 0 Å². The SMILES string of the molecule is CC(C)c1cc2cc(F)ccc2nc1-c1cccs1. The van der Waals surface area contributed by atoms with Crippen LogP contribution >= 0.6 is 11.3 Å². The first-order chi connectivity index (χ1) is 9.15. The van der Waals surface area contributed by atoms with Crippen LogP contribution in [0.15, 0.2) is 41.8 Å². The molecule has 0 unspecified atom stereocenters. The van der Waals surface area contributed by atoms with Crippen molar-refractivity contribution in [1.29, 1.82) is 0 Å². The van der Waals surface area contributed by atoms with Gasteiger partial charge in [0.15, 0.2) is 0 Å². The first-order valence-electron chi connectivity index (χ1n) is 6.29. The summed E-state index contributed by atoms with van der Waals surface area (Å²) in [6.45, 7) is 4.28. The lowest BCUT2D eigenvalue weighted by atomic mass is 9.98. The molecule has 0 aliphatic carbocycles. The van der Waals surface area contributed by atoms with E-state index < -0.39 is 0 Å². The fraction of sp³-hybridized carbons (Fsp3) is 0.188. The normalized spacial score (nSPS) is 11.4. The third-order valence-electron chi connectivity index (χ3n) is 3.18. The number of halogens is 1. The largest absolute Gasteiger partial charge is 0.247 e. The summed E-state index contributed by atoms with van der Waals surface area (Å²) in [7, 11) is 0. The molecule has 1 aromatic carbocycles. The highest BCUT2D eigenvalue weighted by atomic mass is 32.1. The van der Waals surface area contributed by atoms with E-state index in [1.54, 1.807) is 23.5 Å². The van der Waals surface area contributed by atoms with Gasteiger partial charge in [0, 0.05) is 5.39 Å². The molecule has 0 aliphatic rings. The van der Waals surface area contributed by atoms with E-state index in [-0.39, 0.29) is 5.82 Å². The lowest BCUT2D eigenvalue weighted by Gasteiger charge is -2.12. The van der Waals surface area contributed by atoms with E-state index >= 15 is 0 Å². The fourth-order valence-electron chi connectivity index (χ4n) is 2.21. The van der Waals surface area contributed by atoms with Gasteiger partial charge >= 0.3 is 0 Å². The average molecular weight is 271 g/mol. The Morgan fingerprint density at radius 3 is 2.68 bits per heavy atom. The van der Waals surface area contributed by atoms with E-state index in [9.17, 15) is 4.39 Å². The third kappa shape index (κ3) is 2.26. The molecule has 0 spiro atoms. The van der Waals surface area contributed by atoms with Crippen molar-refractivity contribution in [1.82, 2.24) is 4.98 Å². The number of aromatic nitrogens is 1. The van der Waals surface area contributed by atoms with Gasteiger partial charge in [-0.15, -0.1) is 11.3 Å². The molecule has 0 atom stereocenters. The number of fused-ring (bicyclic) bond motifs is 1. The van der Waals surface area contributed by atoms with Gasteiger partial charge < -0.3 is 0 Å². The highest BCUT2D eigenvalue weighted by Gasteiger charge is 2.13. The smallest absolute Gasteiger partial charge is 0.123 e. The molecular weight excluding hydrogens is 257 g/mol. The topological polar surface area (TPSA) is 12.9 Å². The summed E-state index contributed by atoms with van der Waals surface area (Å²) in [5.41, 5.74) is 3.03. The Bertz CT molecular complexity index is 717. The third-order valence-corrected chi connectivity index (χ3v) is 4.06. The van der Waals surface area contributed by atoms with Gasteiger partial charge in [-0.3, -0.25) is 0 Å². The molecule has 2 aromatic heterocycles. The summed E-state index contributed by atoms with van der Waals surface area (Å²) >= 11 is 1.68. The van der Waals surface area contributed by atoms with Gasteiger partial charge in [-0.2, -0.15) is 0 Å². The number of hydrogen-bond acceptors (Lipinski definition) is 2. The van der Waals surface area contributed by atoms with Crippen molar-refractivity contribution in [3.63, 3.8) is 0 Å². The first kappa shape index (κ1) is 12.3. The van der Waals surface area contributed by atoms with Gasteiger partial charge in [0.05, 0.1) is 16.1 Å². The standard InChI is InChI=1S/C16H14FNS/c1-10(2)13-9-11-8-12(17)5-6-14(11)18-16(13)15-4-3-7-19-15/h3-10H,1-2H3. The molecule has 19 heavy (non-hydrogen) atoms. The maximum atomic E-state index is 13.3. The van der Waals surface area contributed by atoms with Crippen molar-refractivity contribution in [2.24, 2.45) is 0 Å². The predicted molar refractivity (Wildman–Crippen MR) is 79.1 cm³/mol. The molecule has 3 aromatic rings. The van der Waals surface area contributed by atoms with Crippen LogP contribution in [0.3, 0.4) is 0 Å².